The van der Waals surface area contributed by atoms with Gasteiger partial charge in [0.15, 0.2) is 0 Å². The topological polar surface area (TPSA) is 191 Å². The second kappa shape index (κ2) is 15.6. The molecule has 20 heteroatoms. The Labute approximate surface area is 284 Å². The highest BCUT2D eigenvalue weighted by Gasteiger charge is 2.41. The number of hydrogen-bond donors (Lipinski definition) is 4. The van der Waals surface area contributed by atoms with Crippen molar-refractivity contribution in [3.05, 3.63) is 70.5 Å². The first-order chi connectivity index (χ1) is 21.8. The molecule has 0 radical (unpaired) electrons. The van der Waals surface area contributed by atoms with E-state index in [-0.39, 0.29) is 67.0 Å². The van der Waals surface area contributed by atoms with Gasteiger partial charge in [0.1, 0.15) is 8.64 Å². The average Bonchev–Trinajstić information content (AvgIpc) is 3.48. The molecule has 4 amide bonds. The van der Waals surface area contributed by atoms with Crippen LogP contribution in [0.4, 0.5) is 0 Å². The summed E-state index contributed by atoms with van der Waals surface area (Å²) < 4.78 is 49.4. The molecule has 0 unspecified atom stereocenters. The molecule has 2 heterocycles. The smallest absolute Gasteiger partial charge is 0.267 e. The van der Waals surface area contributed by atoms with Crippen molar-refractivity contribution in [2.24, 2.45) is 0 Å². The molecule has 2 aromatic rings. The molecule has 2 saturated heterocycles. The van der Waals surface area contributed by atoms with E-state index >= 15 is 0 Å². The Hall–Kier alpha value is -3.24. The van der Waals surface area contributed by atoms with E-state index < -0.39 is 43.7 Å². The Morgan fingerprint density at radius 2 is 0.978 bits per heavy atom. The van der Waals surface area contributed by atoms with Gasteiger partial charge in [-0.15, -0.1) is 9.66 Å². The first-order valence-corrected chi connectivity index (χ1v) is 18.7. The molecule has 0 atom stereocenters. The number of sulfonamides is 2. The second-order valence-corrected chi connectivity index (χ2v) is 16.1. The van der Waals surface area contributed by atoms with E-state index in [1.165, 1.54) is 34.1 Å². The van der Waals surface area contributed by atoms with Gasteiger partial charge in [-0.1, -0.05) is 84.4 Å². The molecule has 14 nitrogen and oxygen atoms in total. The van der Waals surface area contributed by atoms with E-state index in [1.54, 1.807) is 36.4 Å². The predicted molar refractivity (Wildman–Crippen MR) is 179 cm³/mol. The third kappa shape index (κ3) is 8.97. The standard InChI is InChI=1S/C26H26N6O8S6/c33-19(27-29-45(37,38)17-9-3-1-4-10-17)13-7-15-31-23(35)21(43-25(31)41)22-24(36)32(26(42)44-22)16-8-14-20(34)28-30-46(39,40)18-11-5-2-6-12-18/h1-6,9-12,29-30H,7-8,13-16H2,(H,27,33)(H,28,34). The normalized spacial score (nSPS) is 17.1. The van der Waals surface area contributed by atoms with Crippen LogP contribution in [0, 0.1) is 0 Å². The number of hydrogen-bond acceptors (Lipinski definition) is 12. The van der Waals surface area contributed by atoms with Crippen molar-refractivity contribution in [3.63, 3.8) is 0 Å². The van der Waals surface area contributed by atoms with E-state index in [2.05, 4.69) is 10.9 Å². The molecule has 2 fully saturated rings. The molecule has 0 spiro atoms. The summed E-state index contributed by atoms with van der Waals surface area (Å²) >= 11 is 12.5. The van der Waals surface area contributed by atoms with Gasteiger partial charge in [-0.2, -0.15) is 0 Å². The zero-order valence-electron chi connectivity index (χ0n) is 23.6. The number of amides is 4. The summed E-state index contributed by atoms with van der Waals surface area (Å²) in [5.41, 5.74) is 4.26. The van der Waals surface area contributed by atoms with Crippen molar-refractivity contribution in [2.45, 2.75) is 35.5 Å². The van der Waals surface area contributed by atoms with Crippen molar-refractivity contribution in [1.82, 2.24) is 30.3 Å². The molecule has 0 bridgehead atoms. The number of rotatable bonds is 14. The van der Waals surface area contributed by atoms with Gasteiger partial charge in [-0.3, -0.25) is 39.8 Å². The van der Waals surface area contributed by atoms with Crippen molar-refractivity contribution < 1.29 is 36.0 Å². The van der Waals surface area contributed by atoms with Gasteiger partial charge in [-0.25, -0.2) is 16.8 Å². The molecule has 2 aliphatic heterocycles. The third-order valence-corrected chi connectivity index (χ3v) is 11.8. The number of thioether (sulfide) groups is 2. The van der Waals surface area contributed by atoms with Crippen molar-refractivity contribution in [2.75, 3.05) is 13.1 Å². The summed E-state index contributed by atoms with van der Waals surface area (Å²) in [7, 11) is -7.89. The molecule has 4 N–H and O–H groups in total. The Kier molecular flexibility index (Phi) is 12.1. The minimum absolute atomic E-state index is 0.0202. The van der Waals surface area contributed by atoms with Crippen molar-refractivity contribution >= 4 is 100 Å². The van der Waals surface area contributed by atoms with E-state index in [1.807, 2.05) is 9.66 Å². The lowest BCUT2D eigenvalue weighted by molar-refractivity contribution is -0.125. The predicted octanol–water partition coefficient (Wildman–Crippen LogP) is 1.50. The number of carbonyl (C=O) groups excluding carboxylic acids is 4. The highest BCUT2D eigenvalue weighted by atomic mass is 32.2. The monoisotopic (exact) mass is 742 g/mol. The number of carbonyl (C=O) groups is 4. The van der Waals surface area contributed by atoms with Crippen LogP contribution in [0.3, 0.4) is 0 Å². The maximum absolute atomic E-state index is 13.1. The van der Waals surface area contributed by atoms with Crippen LogP contribution >= 0.6 is 48.0 Å². The van der Waals surface area contributed by atoms with Gasteiger partial charge in [0.25, 0.3) is 31.9 Å². The molecule has 0 aliphatic carbocycles. The SMILES string of the molecule is O=C(CCCN1C(=O)C(=C2SC(=S)N(CCCC(=O)NNS(=O)(=O)c3ccccc3)C2=O)SC1=S)NNS(=O)(=O)c1ccccc1. The van der Waals surface area contributed by atoms with Gasteiger partial charge in [0.05, 0.1) is 19.6 Å². The highest BCUT2D eigenvalue weighted by Crippen LogP contribution is 2.42. The first kappa shape index (κ1) is 35.6. The number of nitrogens with one attached hydrogen (secondary N) is 4. The van der Waals surface area contributed by atoms with E-state index in [0.29, 0.717) is 0 Å². The maximum Gasteiger partial charge on any atom is 0.267 e. The minimum Gasteiger partial charge on any atom is -0.293 e. The summed E-state index contributed by atoms with van der Waals surface area (Å²) in [6.45, 7) is 0.104. The minimum atomic E-state index is -3.94. The summed E-state index contributed by atoms with van der Waals surface area (Å²) in [4.78, 5) is 57.4. The second-order valence-electron chi connectivity index (χ2n) is 9.45. The van der Waals surface area contributed by atoms with Gasteiger partial charge in [-0.05, 0) is 37.1 Å². The lowest BCUT2D eigenvalue weighted by Gasteiger charge is -2.15. The van der Waals surface area contributed by atoms with Crippen LogP contribution in [0.2, 0.25) is 0 Å². The van der Waals surface area contributed by atoms with Crippen molar-refractivity contribution in [3.8, 4) is 0 Å². The largest absolute Gasteiger partial charge is 0.293 e. The quantitative estimate of drug-likeness (QED) is 0.124. The summed E-state index contributed by atoms with van der Waals surface area (Å²) in [5.74, 6) is -2.28. The highest BCUT2D eigenvalue weighted by molar-refractivity contribution is 8.29. The fourth-order valence-corrected chi connectivity index (χ4v) is 8.48. The van der Waals surface area contributed by atoms with Crippen LogP contribution < -0.4 is 20.5 Å². The summed E-state index contributed by atoms with van der Waals surface area (Å²) in [6.07, 6.45) is 0.0759. The molecule has 4 rings (SSSR count). The van der Waals surface area contributed by atoms with Gasteiger partial charge < -0.3 is 0 Å². The van der Waals surface area contributed by atoms with Crippen LogP contribution in [0.25, 0.3) is 0 Å². The van der Waals surface area contributed by atoms with Gasteiger partial charge >= 0.3 is 0 Å². The summed E-state index contributed by atoms with van der Waals surface area (Å²) in [5, 5.41) is 0. The zero-order valence-corrected chi connectivity index (χ0v) is 28.5. The number of thiocarbonyl (C=S) groups is 2. The first-order valence-electron chi connectivity index (χ1n) is 13.3. The fraction of sp³-hybridized carbons (Fsp3) is 0.231. The van der Waals surface area contributed by atoms with Crippen LogP contribution in [0.1, 0.15) is 25.7 Å². The Bertz CT molecular complexity index is 1670. The van der Waals surface area contributed by atoms with Crippen LogP contribution in [0.15, 0.2) is 80.3 Å². The number of nitrogens with zero attached hydrogens (tertiary/aromatic N) is 2. The Balaban J connectivity index is 1.23. The Morgan fingerprint density at radius 1 is 0.630 bits per heavy atom. The Morgan fingerprint density at radius 3 is 1.33 bits per heavy atom. The van der Waals surface area contributed by atoms with Gasteiger partial charge in [0, 0.05) is 25.9 Å². The molecule has 244 valence electrons. The van der Waals surface area contributed by atoms with Crippen LogP contribution in [-0.2, 0) is 39.2 Å². The molecule has 0 aromatic heterocycles. The lowest BCUT2D eigenvalue weighted by Crippen LogP contribution is -2.41. The van der Waals surface area contributed by atoms with E-state index in [4.69, 9.17) is 24.4 Å². The van der Waals surface area contributed by atoms with E-state index in [0.717, 1.165) is 23.5 Å². The van der Waals surface area contributed by atoms with Crippen LogP contribution in [0.5, 0.6) is 0 Å². The van der Waals surface area contributed by atoms with Crippen LogP contribution in [-0.4, -0.2) is 72.0 Å². The molecular weight excluding hydrogens is 717 g/mol. The van der Waals surface area contributed by atoms with Gasteiger partial charge in [0.2, 0.25) is 11.8 Å². The third-order valence-electron chi connectivity index (χ3n) is 6.23. The maximum atomic E-state index is 13.1. The average molecular weight is 743 g/mol. The molecule has 0 saturated carbocycles. The van der Waals surface area contributed by atoms with Crippen molar-refractivity contribution in [1.29, 1.82) is 0 Å². The molecule has 2 aliphatic rings. The zero-order chi connectivity index (χ0) is 33.5. The van der Waals surface area contributed by atoms with E-state index in [9.17, 15) is 36.0 Å². The molecule has 46 heavy (non-hydrogen) atoms. The lowest BCUT2D eigenvalue weighted by atomic mass is 10.2. The summed E-state index contributed by atoms with van der Waals surface area (Å²) in [6, 6.07) is 15.0. The molecule has 2 aromatic carbocycles. The fourth-order valence-electron chi connectivity index (χ4n) is 3.94. The number of hydrazine groups is 2. The molecular formula is C26H26N6O8S6. The number of benzene rings is 2.